The molecular weight excluding hydrogens is 440 g/mol. The molecule has 3 heterocycles. The molecule has 1 aromatic carbocycles. The van der Waals surface area contributed by atoms with E-state index in [0.717, 1.165) is 25.3 Å². The number of anilines is 5. The molecule has 2 aromatic heterocycles. The van der Waals surface area contributed by atoms with Crippen molar-refractivity contribution >= 4 is 41.1 Å². The van der Waals surface area contributed by atoms with Crippen LogP contribution in [0.25, 0.3) is 5.82 Å². The molecule has 13 heteroatoms. The molecule has 0 radical (unpaired) electrons. The van der Waals surface area contributed by atoms with Crippen molar-refractivity contribution < 1.29 is 14.3 Å². The summed E-state index contributed by atoms with van der Waals surface area (Å²) in [4.78, 5) is 39.9. The quantitative estimate of drug-likeness (QED) is 0.505. The fourth-order valence-electron chi connectivity index (χ4n) is 3.57. The largest absolute Gasteiger partial charge is 0.453 e. The zero-order valence-corrected chi connectivity index (χ0v) is 18.9. The van der Waals surface area contributed by atoms with Gasteiger partial charge in [0.05, 0.1) is 7.11 Å². The highest BCUT2D eigenvalue weighted by molar-refractivity contribution is 5.84. The van der Waals surface area contributed by atoms with Crippen molar-refractivity contribution in [2.24, 2.45) is 0 Å². The minimum absolute atomic E-state index is 0.0787. The minimum Gasteiger partial charge on any atom is -0.453 e. The maximum atomic E-state index is 11.7. The van der Waals surface area contributed by atoms with Crippen molar-refractivity contribution in [2.45, 2.75) is 13.3 Å². The topological polar surface area (TPSA) is 156 Å². The number of carbonyl (C=O) groups excluding carboxylic acids is 2. The maximum Gasteiger partial charge on any atom is 0.411 e. The molecule has 4 rings (SSSR count). The van der Waals surface area contributed by atoms with Crippen LogP contribution in [0.2, 0.25) is 0 Å². The number of amides is 2. The predicted molar refractivity (Wildman–Crippen MR) is 126 cm³/mol. The van der Waals surface area contributed by atoms with Crippen molar-refractivity contribution in [3.8, 4) is 5.82 Å². The lowest BCUT2D eigenvalue weighted by molar-refractivity contribution is -0.128. The molecule has 0 aliphatic carbocycles. The van der Waals surface area contributed by atoms with Gasteiger partial charge in [0.25, 0.3) is 0 Å². The van der Waals surface area contributed by atoms with Crippen LogP contribution >= 0.6 is 0 Å². The monoisotopic (exact) mass is 466 g/mol. The lowest BCUT2D eigenvalue weighted by Crippen LogP contribution is -2.33. The Balaban J connectivity index is 1.47. The third kappa shape index (κ3) is 5.31. The fourth-order valence-corrected chi connectivity index (χ4v) is 3.57. The summed E-state index contributed by atoms with van der Waals surface area (Å²) in [7, 11) is 1.30. The van der Waals surface area contributed by atoms with Gasteiger partial charge in [-0.15, -0.1) is 5.10 Å². The van der Waals surface area contributed by atoms with Crippen molar-refractivity contribution in [3.63, 3.8) is 0 Å². The molecule has 13 nitrogen and oxygen atoms in total. The Kier molecular flexibility index (Phi) is 6.71. The highest BCUT2D eigenvalue weighted by atomic mass is 16.5. The lowest BCUT2D eigenvalue weighted by Gasteiger charge is -2.22. The molecule has 4 N–H and O–H groups in total. The third-order valence-electron chi connectivity index (χ3n) is 5.33. The Morgan fingerprint density at radius 3 is 2.50 bits per heavy atom. The Labute approximate surface area is 195 Å². The number of hydrogen-bond acceptors (Lipinski definition) is 10. The first-order valence-electron chi connectivity index (χ1n) is 10.7. The van der Waals surface area contributed by atoms with Gasteiger partial charge in [-0.3, -0.25) is 10.1 Å². The van der Waals surface area contributed by atoms with E-state index < -0.39 is 6.09 Å². The van der Waals surface area contributed by atoms with Crippen molar-refractivity contribution in [2.75, 3.05) is 54.6 Å². The van der Waals surface area contributed by atoms with Gasteiger partial charge in [0.2, 0.25) is 17.8 Å². The first-order valence-corrected chi connectivity index (χ1v) is 10.7. The van der Waals surface area contributed by atoms with Crippen LogP contribution in [0, 0.1) is 0 Å². The second-order valence-corrected chi connectivity index (χ2v) is 7.61. The average molecular weight is 467 g/mol. The van der Waals surface area contributed by atoms with E-state index in [1.54, 1.807) is 37.3 Å². The zero-order chi connectivity index (χ0) is 24.1. The van der Waals surface area contributed by atoms with Gasteiger partial charge >= 0.3 is 6.09 Å². The number of carbonyl (C=O) groups is 2. The predicted octanol–water partition coefficient (Wildman–Crippen LogP) is 1.62. The van der Waals surface area contributed by atoms with E-state index in [0.29, 0.717) is 36.2 Å². The average Bonchev–Trinajstić information content (AvgIpc) is 3.04. The van der Waals surface area contributed by atoms with E-state index in [1.807, 2.05) is 4.90 Å². The lowest BCUT2D eigenvalue weighted by atomic mass is 10.3. The summed E-state index contributed by atoms with van der Waals surface area (Å²) < 4.78 is 6.00. The number of nitrogen functional groups attached to an aromatic ring is 1. The molecule has 1 saturated heterocycles. The maximum absolute atomic E-state index is 11.7. The van der Waals surface area contributed by atoms with Crippen LogP contribution in [0.5, 0.6) is 0 Å². The summed E-state index contributed by atoms with van der Waals surface area (Å²) >= 11 is 0. The van der Waals surface area contributed by atoms with Crippen LogP contribution in [-0.2, 0) is 9.53 Å². The molecule has 34 heavy (non-hydrogen) atoms. The Morgan fingerprint density at radius 1 is 1.03 bits per heavy atom. The van der Waals surface area contributed by atoms with Gasteiger partial charge in [-0.2, -0.15) is 9.67 Å². The fraction of sp³-hybridized carbons (Fsp3) is 0.333. The van der Waals surface area contributed by atoms with Gasteiger partial charge in [-0.1, -0.05) is 0 Å². The van der Waals surface area contributed by atoms with E-state index in [9.17, 15) is 9.59 Å². The van der Waals surface area contributed by atoms with Gasteiger partial charge < -0.3 is 25.6 Å². The molecule has 1 aliphatic heterocycles. The van der Waals surface area contributed by atoms with E-state index in [2.05, 4.69) is 40.3 Å². The molecular formula is C21H26N10O3. The third-order valence-corrected chi connectivity index (χ3v) is 5.33. The van der Waals surface area contributed by atoms with Crippen LogP contribution in [0.3, 0.4) is 0 Å². The van der Waals surface area contributed by atoms with E-state index in [-0.39, 0.29) is 11.9 Å². The molecule has 178 valence electrons. The number of nitrogens with two attached hydrogens (primary N) is 1. The number of hydrogen-bond donors (Lipinski definition) is 3. The van der Waals surface area contributed by atoms with E-state index in [4.69, 9.17) is 5.73 Å². The molecule has 0 spiro atoms. The molecule has 0 atom stereocenters. The summed E-state index contributed by atoms with van der Waals surface area (Å²) in [5.74, 6) is 1.74. The number of nitrogens with one attached hydrogen (secondary N) is 2. The summed E-state index contributed by atoms with van der Waals surface area (Å²) in [6, 6.07) is 8.74. The number of benzene rings is 1. The molecule has 1 fully saturated rings. The van der Waals surface area contributed by atoms with Crippen LogP contribution in [0.15, 0.2) is 36.7 Å². The molecule has 3 aromatic rings. The number of aromatic nitrogens is 5. The smallest absolute Gasteiger partial charge is 0.411 e. The van der Waals surface area contributed by atoms with Crippen LogP contribution in [-0.4, -0.2) is 74.9 Å². The number of ether oxygens (including phenoxy) is 1. The van der Waals surface area contributed by atoms with Crippen LogP contribution < -0.4 is 21.3 Å². The number of methoxy groups -OCH3 is 1. The van der Waals surface area contributed by atoms with Gasteiger partial charge in [0.1, 0.15) is 12.1 Å². The Bertz CT molecular complexity index is 1160. The van der Waals surface area contributed by atoms with Gasteiger partial charge in [-0.05, 0) is 30.7 Å². The highest BCUT2D eigenvalue weighted by Crippen LogP contribution is 2.21. The standard InChI is InChI=1S/C21H26N10O3/c1-14(32)29-8-3-9-30(11-10-29)17-12-18(24-13-23-17)31-19(22)27-20(28-31)25-15-4-6-16(7-5-15)26-21(33)34-2/h4-7,12-13H,3,8-11H2,1-2H3,(H,26,33)(H3,22,25,27,28). The summed E-state index contributed by atoms with van der Waals surface area (Å²) in [6.45, 7) is 4.42. The molecule has 0 unspecified atom stereocenters. The second kappa shape index (κ2) is 10.0. The van der Waals surface area contributed by atoms with Gasteiger partial charge in [0, 0.05) is 50.5 Å². The summed E-state index contributed by atoms with van der Waals surface area (Å²) in [5, 5.41) is 10.1. The summed E-state index contributed by atoms with van der Waals surface area (Å²) in [5.41, 5.74) is 7.39. The zero-order valence-electron chi connectivity index (χ0n) is 18.9. The summed E-state index contributed by atoms with van der Waals surface area (Å²) in [6.07, 6.45) is 1.76. The molecule has 0 bridgehead atoms. The SMILES string of the molecule is COC(=O)Nc1ccc(Nc2nc(N)n(-c3cc(N4CCCN(C(C)=O)CC4)ncn3)n2)cc1. The number of rotatable bonds is 5. The first kappa shape index (κ1) is 22.8. The molecule has 2 amide bonds. The van der Waals surface area contributed by atoms with Crippen molar-refractivity contribution in [1.82, 2.24) is 29.6 Å². The van der Waals surface area contributed by atoms with Crippen molar-refractivity contribution in [3.05, 3.63) is 36.7 Å². The second-order valence-electron chi connectivity index (χ2n) is 7.61. The van der Waals surface area contributed by atoms with E-state index >= 15 is 0 Å². The highest BCUT2D eigenvalue weighted by Gasteiger charge is 2.19. The minimum atomic E-state index is -0.547. The van der Waals surface area contributed by atoms with Crippen LogP contribution in [0.1, 0.15) is 13.3 Å². The van der Waals surface area contributed by atoms with Gasteiger partial charge in [0.15, 0.2) is 5.82 Å². The van der Waals surface area contributed by atoms with Crippen molar-refractivity contribution in [1.29, 1.82) is 0 Å². The Morgan fingerprint density at radius 2 is 1.76 bits per heavy atom. The normalized spacial score (nSPS) is 13.8. The number of nitrogens with zero attached hydrogens (tertiary/aromatic N) is 7. The molecule has 1 aliphatic rings. The van der Waals surface area contributed by atoms with E-state index in [1.165, 1.54) is 18.1 Å². The Hall–Kier alpha value is -4.42. The molecule has 0 saturated carbocycles. The van der Waals surface area contributed by atoms with Gasteiger partial charge in [-0.25, -0.2) is 14.8 Å². The first-order chi connectivity index (χ1) is 16.4. The van der Waals surface area contributed by atoms with Crippen LogP contribution in [0.4, 0.5) is 33.9 Å².